The number of hydrogen-bond acceptors (Lipinski definition) is 3. The fourth-order valence-electron chi connectivity index (χ4n) is 3.57. The van der Waals surface area contributed by atoms with E-state index in [-0.39, 0.29) is 0 Å². The molecular weight excluding hydrogens is 402 g/mol. The van der Waals surface area contributed by atoms with Gasteiger partial charge in [0.05, 0.1) is 0 Å². The molecule has 0 unspecified atom stereocenters. The minimum atomic E-state index is 0.670. The van der Waals surface area contributed by atoms with Gasteiger partial charge in [0.2, 0.25) is 0 Å². The second kappa shape index (κ2) is 10.5. The molecule has 0 bridgehead atoms. The highest BCUT2D eigenvalue weighted by molar-refractivity contribution is 5.70. The van der Waals surface area contributed by atoms with Crippen LogP contribution in [0, 0.1) is 6.92 Å². The number of rotatable bonds is 4. The number of aryl methyl sites for hydroxylation is 1. The first kappa shape index (κ1) is 22.1. The second-order valence-corrected chi connectivity index (χ2v) is 7.49. The number of nitrogens with zero attached hydrogens (tertiary/aromatic N) is 3. The predicted octanol–water partition coefficient (Wildman–Crippen LogP) is 7.87. The Balaban J connectivity index is 0.00000126. The third-order valence-corrected chi connectivity index (χ3v) is 5.19. The van der Waals surface area contributed by atoms with Crippen molar-refractivity contribution < 1.29 is 0 Å². The highest BCUT2D eigenvalue weighted by Crippen LogP contribution is 2.27. The van der Waals surface area contributed by atoms with E-state index in [1.807, 2.05) is 74.5 Å². The summed E-state index contributed by atoms with van der Waals surface area (Å²) in [6, 6.07) is 37.0. The van der Waals surface area contributed by atoms with Gasteiger partial charge in [0.25, 0.3) is 0 Å². The lowest BCUT2D eigenvalue weighted by molar-refractivity contribution is 1.07. The molecule has 0 amide bonds. The molecule has 3 heteroatoms. The van der Waals surface area contributed by atoms with Gasteiger partial charge in [0, 0.05) is 16.7 Å². The van der Waals surface area contributed by atoms with Gasteiger partial charge in [-0.05, 0) is 18.1 Å². The molecular formula is C30H27N3. The lowest BCUT2D eigenvalue weighted by Gasteiger charge is -2.09. The van der Waals surface area contributed by atoms with Crippen LogP contribution in [0.4, 0.5) is 0 Å². The van der Waals surface area contributed by atoms with Gasteiger partial charge in [0.1, 0.15) is 0 Å². The van der Waals surface area contributed by atoms with Crippen molar-refractivity contribution in [3.8, 4) is 45.3 Å². The van der Waals surface area contributed by atoms with Crippen molar-refractivity contribution in [2.75, 3.05) is 0 Å². The van der Waals surface area contributed by atoms with E-state index in [2.05, 4.69) is 55.5 Å². The van der Waals surface area contributed by atoms with Gasteiger partial charge in [0.15, 0.2) is 17.5 Å². The van der Waals surface area contributed by atoms with Crippen LogP contribution in [-0.4, -0.2) is 15.0 Å². The van der Waals surface area contributed by atoms with Crippen LogP contribution in [0.5, 0.6) is 0 Å². The van der Waals surface area contributed by atoms with E-state index < -0.39 is 0 Å². The summed E-state index contributed by atoms with van der Waals surface area (Å²) in [7, 11) is 0. The standard InChI is InChI=1S/C28H21N3.C2H6/c1-20-9-8-14-25(19-20)21-15-17-24(18-16-21)28-30-26(22-10-4-2-5-11-22)29-27(31-28)23-12-6-3-7-13-23;1-2/h2-19H,1H3;1-2H3. The molecule has 0 fully saturated rings. The first-order chi connectivity index (χ1) is 16.3. The maximum atomic E-state index is 4.79. The predicted molar refractivity (Wildman–Crippen MR) is 138 cm³/mol. The van der Waals surface area contributed by atoms with Gasteiger partial charge in [-0.3, -0.25) is 0 Å². The average molecular weight is 430 g/mol. The van der Waals surface area contributed by atoms with E-state index in [0.29, 0.717) is 17.5 Å². The van der Waals surface area contributed by atoms with Crippen molar-refractivity contribution in [1.29, 1.82) is 0 Å². The molecule has 0 saturated carbocycles. The van der Waals surface area contributed by atoms with Gasteiger partial charge in [-0.1, -0.05) is 129 Å². The summed E-state index contributed by atoms with van der Waals surface area (Å²) in [5.41, 5.74) is 6.54. The second-order valence-electron chi connectivity index (χ2n) is 7.49. The van der Waals surface area contributed by atoms with Crippen LogP contribution in [0.25, 0.3) is 45.3 Å². The molecule has 1 heterocycles. The fourth-order valence-corrected chi connectivity index (χ4v) is 3.57. The zero-order chi connectivity index (χ0) is 23.0. The Morgan fingerprint density at radius 1 is 0.394 bits per heavy atom. The van der Waals surface area contributed by atoms with Crippen molar-refractivity contribution in [1.82, 2.24) is 15.0 Å². The highest BCUT2D eigenvalue weighted by atomic mass is 15.0. The summed E-state index contributed by atoms with van der Waals surface area (Å²) in [5, 5.41) is 0. The Hall–Kier alpha value is -4.11. The van der Waals surface area contributed by atoms with Crippen LogP contribution in [0.15, 0.2) is 109 Å². The van der Waals surface area contributed by atoms with Crippen molar-refractivity contribution in [2.24, 2.45) is 0 Å². The summed E-state index contributed by atoms with van der Waals surface area (Å²) < 4.78 is 0. The minimum Gasteiger partial charge on any atom is -0.208 e. The van der Waals surface area contributed by atoms with E-state index in [0.717, 1.165) is 16.7 Å². The maximum absolute atomic E-state index is 4.79. The molecule has 4 aromatic carbocycles. The SMILES string of the molecule is CC.Cc1cccc(-c2ccc(-c3nc(-c4ccccc4)nc(-c4ccccc4)n3)cc2)c1. The van der Waals surface area contributed by atoms with Crippen LogP contribution >= 0.6 is 0 Å². The summed E-state index contributed by atoms with van der Waals surface area (Å²) >= 11 is 0. The fraction of sp³-hybridized carbons (Fsp3) is 0.100. The number of hydrogen-bond donors (Lipinski definition) is 0. The van der Waals surface area contributed by atoms with Gasteiger partial charge in [-0.15, -0.1) is 0 Å². The van der Waals surface area contributed by atoms with Gasteiger partial charge < -0.3 is 0 Å². The molecule has 33 heavy (non-hydrogen) atoms. The van der Waals surface area contributed by atoms with E-state index >= 15 is 0 Å². The highest BCUT2D eigenvalue weighted by Gasteiger charge is 2.12. The third-order valence-electron chi connectivity index (χ3n) is 5.19. The van der Waals surface area contributed by atoms with Gasteiger partial charge in [-0.25, -0.2) is 15.0 Å². The zero-order valence-corrected chi connectivity index (χ0v) is 19.2. The Morgan fingerprint density at radius 2 is 0.788 bits per heavy atom. The molecule has 0 saturated heterocycles. The molecule has 0 spiro atoms. The number of aromatic nitrogens is 3. The lowest BCUT2D eigenvalue weighted by Crippen LogP contribution is -2.00. The molecule has 3 nitrogen and oxygen atoms in total. The zero-order valence-electron chi connectivity index (χ0n) is 19.2. The summed E-state index contributed by atoms with van der Waals surface area (Å²) in [4.78, 5) is 14.3. The van der Waals surface area contributed by atoms with Crippen LogP contribution in [0.2, 0.25) is 0 Å². The van der Waals surface area contributed by atoms with Crippen molar-refractivity contribution in [3.05, 3.63) is 115 Å². The minimum absolute atomic E-state index is 0.670. The molecule has 5 rings (SSSR count). The van der Waals surface area contributed by atoms with Gasteiger partial charge >= 0.3 is 0 Å². The molecule has 1 aromatic heterocycles. The first-order valence-corrected chi connectivity index (χ1v) is 11.3. The van der Waals surface area contributed by atoms with E-state index in [9.17, 15) is 0 Å². The quantitative estimate of drug-likeness (QED) is 0.292. The van der Waals surface area contributed by atoms with E-state index in [1.54, 1.807) is 0 Å². The summed E-state index contributed by atoms with van der Waals surface area (Å²) in [6.45, 7) is 6.11. The molecule has 0 aliphatic rings. The van der Waals surface area contributed by atoms with E-state index in [1.165, 1.54) is 16.7 Å². The maximum Gasteiger partial charge on any atom is 0.164 e. The molecule has 5 aromatic rings. The topological polar surface area (TPSA) is 38.7 Å². The smallest absolute Gasteiger partial charge is 0.164 e. The van der Waals surface area contributed by atoms with Crippen molar-refractivity contribution >= 4 is 0 Å². The molecule has 0 aliphatic heterocycles. The van der Waals surface area contributed by atoms with Crippen molar-refractivity contribution in [2.45, 2.75) is 20.8 Å². The van der Waals surface area contributed by atoms with E-state index in [4.69, 9.17) is 15.0 Å². The van der Waals surface area contributed by atoms with Crippen LogP contribution in [-0.2, 0) is 0 Å². The third kappa shape index (κ3) is 5.21. The van der Waals surface area contributed by atoms with Gasteiger partial charge in [-0.2, -0.15) is 0 Å². The van der Waals surface area contributed by atoms with Crippen LogP contribution < -0.4 is 0 Å². The van der Waals surface area contributed by atoms with Crippen molar-refractivity contribution in [3.63, 3.8) is 0 Å². The summed E-state index contributed by atoms with van der Waals surface area (Å²) in [5.74, 6) is 2.02. The average Bonchev–Trinajstić information content (AvgIpc) is 2.91. The first-order valence-electron chi connectivity index (χ1n) is 11.3. The Labute approximate surface area is 195 Å². The Bertz CT molecular complexity index is 1250. The lowest BCUT2D eigenvalue weighted by atomic mass is 10.0. The summed E-state index contributed by atoms with van der Waals surface area (Å²) in [6.07, 6.45) is 0. The van der Waals surface area contributed by atoms with Crippen LogP contribution in [0.1, 0.15) is 19.4 Å². The number of benzene rings is 4. The molecule has 0 atom stereocenters. The normalized spacial score (nSPS) is 10.3. The Morgan fingerprint density at radius 3 is 1.24 bits per heavy atom. The monoisotopic (exact) mass is 429 g/mol. The molecule has 0 radical (unpaired) electrons. The molecule has 162 valence electrons. The Kier molecular flexibility index (Phi) is 7.01. The molecule has 0 N–H and O–H groups in total. The van der Waals surface area contributed by atoms with Crippen LogP contribution in [0.3, 0.4) is 0 Å². The molecule has 0 aliphatic carbocycles. The largest absolute Gasteiger partial charge is 0.208 e.